The van der Waals surface area contributed by atoms with E-state index in [1.54, 1.807) is 0 Å². The lowest BCUT2D eigenvalue weighted by Gasteiger charge is -2.18. The third-order valence-electron chi connectivity index (χ3n) is 12.7. The summed E-state index contributed by atoms with van der Waals surface area (Å²) in [6.07, 6.45) is 74.0. The van der Waals surface area contributed by atoms with Crippen molar-refractivity contribution in [1.29, 1.82) is 0 Å². The van der Waals surface area contributed by atoms with Crippen LogP contribution in [0.15, 0.2) is 72.9 Å². The van der Waals surface area contributed by atoms with Gasteiger partial charge in [-0.2, -0.15) is 0 Å². The fourth-order valence-electron chi connectivity index (χ4n) is 8.27. The Morgan fingerprint density at radius 3 is 0.942 bits per heavy atom. The van der Waals surface area contributed by atoms with Crippen LogP contribution in [0.4, 0.5) is 0 Å². The van der Waals surface area contributed by atoms with E-state index in [1.165, 1.54) is 141 Å². The van der Waals surface area contributed by atoms with Crippen molar-refractivity contribution in [3.8, 4) is 0 Å². The number of rotatable bonds is 53. The van der Waals surface area contributed by atoms with E-state index in [-0.39, 0.29) is 31.1 Å². The van der Waals surface area contributed by atoms with Gasteiger partial charge in [0.15, 0.2) is 6.10 Å². The number of carbonyl (C=O) groups excluding carboxylic acids is 3. The zero-order valence-corrected chi connectivity index (χ0v) is 45.6. The molecule has 0 bridgehead atoms. The number of ether oxygens (including phenoxy) is 3. The molecular formula is C63H110O6. The minimum Gasteiger partial charge on any atom is -0.462 e. The highest BCUT2D eigenvalue weighted by atomic mass is 16.6. The summed E-state index contributed by atoms with van der Waals surface area (Å²) in [6.45, 7) is 6.41. The van der Waals surface area contributed by atoms with E-state index < -0.39 is 6.10 Å². The molecule has 0 saturated heterocycles. The predicted octanol–water partition coefficient (Wildman–Crippen LogP) is 19.8. The first-order chi connectivity index (χ1) is 34.0. The lowest BCUT2D eigenvalue weighted by Crippen LogP contribution is -2.30. The highest BCUT2D eigenvalue weighted by molar-refractivity contribution is 5.71. The Labute approximate surface area is 427 Å². The summed E-state index contributed by atoms with van der Waals surface area (Å²) < 4.78 is 16.7. The lowest BCUT2D eigenvalue weighted by molar-refractivity contribution is -0.167. The zero-order chi connectivity index (χ0) is 50.0. The van der Waals surface area contributed by atoms with Gasteiger partial charge in [0, 0.05) is 19.3 Å². The smallest absolute Gasteiger partial charge is 0.306 e. The van der Waals surface area contributed by atoms with Crippen molar-refractivity contribution in [3.05, 3.63) is 72.9 Å². The minimum absolute atomic E-state index is 0.0750. The SMILES string of the molecule is CC/C=C\C/C=C\C/C=C\C/C=C\C/C=C\CCCCCCCCCCCCCCCCCCCCCC(=O)OCC(COC(=O)CCCCCCC)OC(=O)CCCCCCC/C=C\CCCC. The largest absolute Gasteiger partial charge is 0.462 e. The molecular weight excluding hydrogens is 853 g/mol. The van der Waals surface area contributed by atoms with Gasteiger partial charge in [0.1, 0.15) is 13.2 Å². The summed E-state index contributed by atoms with van der Waals surface area (Å²) >= 11 is 0. The summed E-state index contributed by atoms with van der Waals surface area (Å²) in [6, 6.07) is 0. The molecule has 0 radical (unpaired) electrons. The van der Waals surface area contributed by atoms with Crippen molar-refractivity contribution in [2.45, 2.75) is 297 Å². The predicted molar refractivity (Wildman–Crippen MR) is 298 cm³/mol. The molecule has 0 aliphatic rings. The second-order valence-electron chi connectivity index (χ2n) is 19.5. The Morgan fingerprint density at radius 1 is 0.304 bits per heavy atom. The third kappa shape index (κ3) is 55.6. The van der Waals surface area contributed by atoms with E-state index in [2.05, 4.69) is 93.7 Å². The van der Waals surface area contributed by atoms with Gasteiger partial charge in [0.05, 0.1) is 0 Å². The van der Waals surface area contributed by atoms with Crippen LogP contribution in [0.3, 0.4) is 0 Å². The Bertz CT molecular complexity index is 1290. The van der Waals surface area contributed by atoms with Crippen molar-refractivity contribution in [1.82, 2.24) is 0 Å². The van der Waals surface area contributed by atoms with Crippen LogP contribution in [0.1, 0.15) is 290 Å². The minimum atomic E-state index is -0.771. The van der Waals surface area contributed by atoms with E-state index >= 15 is 0 Å². The topological polar surface area (TPSA) is 78.9 Å². The van der Waals surface area contributed by atoms with Crippen LogP contribution in [-0.4, -0.2) is 37.2 Å². The maximum absolute atomic E-state index is 12.7. The second-order valence-corrected chi connectivity index (χ2v) is 19.5. The van der Waals surface area contributed by atoms with Crippen LogP contribution in [-0.2, 0) is 28.6 Å². The fraction of sp³-hybridized carbons (Fsp3) is 0.762. The standard InChI is InChI=1S/C63H110O6/c1-4-7-10-13-15-17-19-20-21-22-23-24-25-26-27-28-29-30-31-32-33-34-35-36-37-38-39-40-41-42-44-45-47-50-53-56-62(65)68-59-60(58-67-61(64)55-52-49-12-9-6-3)69-63(66)57-54-51-48-46-43-18-16-14-11-8-5-2/h7,10,14-17,20-21,23-24,26-27,60H,4-6,8-9,11-13,18-19,22,25,28-59H2,1-3H3/b10-7-,16-14-,17-15-,21-20-,24-23-,27-26-. The van der Waals surface area contributed by atoms with Gasteiger partial charge in [-0.1, -0.05) is 261 Å². The highest BCUT2D eigenvalue weighted by Crippen LogP contribution is 2.16. The fourth-order valence-corrected chi connectivity index (χ4v) is 8.27. The van der Waals surface area contributed by atoms with Crippen molar-refractivity contribution in [2.24, 2.45) is 0 Å². The van der Waals surface area contributed by atoms with Gasteiger partial charge in [-0.15, -0.1) is 0 Å². The average Bonchev–Trinajstić information content (AvgIpc) is 3.35. The van der Waals surface area contributed by atoms with Crippen molar-refractivity contribution < 1.29 is 28.6 Å². The summed E-state index contributed by atoms with van der Waals surface area (Å²) in [5.41, 5.74) is 0. The molecule has 0 aliphatic heterocycles. The van der Waals surface area contributed by atoms with Crippen molar-refractivity contribution in [3.63, 3.8) is 0 Å². The van der Waals surface area contributed by atoms with Crippen LogP contribution in [0.5, 0.6) is 0 Å². The molecule has 0 aromatic heterocycles. The zero-order valence-electron chi connectivity index (χ0n) is 45.6. The van der Waals surface area contributed by atoms with Crippen LogP contribution >= 0.6 is 0 Å². The van der Waals surface area contributed by atoms with E-state index in [9.17, 15) is 14.4 Å². The molecule has 0 aliphatic carbocycles. The molecule has 1 atom stereocenters. The normalized spacial score (nSPS) is 12.6. The number of allylic oxidation sites excluding steroid dienone is 12. The molecule has 0 spiro atoms. The number of hydrogen-bond acceptors (Lipinski definition) is 6. The number of esters is 3. The van der Waals surface area contributed by atoms with Crippen LogP contribution < -0.4 is 0 Å². The maximum Gasteiger partial charge on any atom is 0.306 e. The summed E-state index contributed by atoms with van der Waals surface area (Å²) in [5, 5.41) is 0. The van der Waals surface area contributed by atoms with E-state index in [4.69, 9.17) is 14.2 Å². The molecule has 0 amide bonds. The van der Waals surface area contributed by atoms with Gasteiger partial charge in [-0.3, -0.25) is 14.4 Å². The number of unbranched alkanes of at least 4 members (excludes halogenated alkanes) is 30. The van der Waals surface area contributed by atoms with Crippen molar-refractivity contribution in [2.75, 3.05) is 13.2 Å². The summed E-state index contributed by atoms with van der Waals surface area (Å²) in [4.78, 5) is 37.6. The molecule has 398 valence electrons. The maximum atomic E-state index is 12.7. The molecule has 6 nitrogen and oxygen atoms in total. The lowest BCUT2D eigenvalue weighted by atomic mass is 10.0. The molecule has 0 fully saturated rings. The second kappa shape index (κ2) is 57.4. The molecule has 0 rings (SSSR count). The quantitative estimate of drug-likeness (QED) is 0.0262. The molecule has 0 aromatic rings. The van der Waals surface area contributed by atoms with Gasteiger partial charge in [-0.05, 0) is 83.5 Å². The van der Waals surface area contributed by atoms with Gasteiger partial charge >= 0.3 is 17.9 Å². The Morgan fingerprint density at radius 2 is 0.580 bits per heavy atom. The van der Waals surface area contributed by atoms with Gasteiger partial charge in [0.2, 0.25) is 0 Å². The average molecular weight is 964 g/mol. The highest BCUT2D eigenvalue weighted by Gasteiger charge is 2.19. The number of hydrogen-bond donors (Lipinski definition) is 0. The molecule has 0 aromatic carbocycles. The van der Waals surface area contributed by atoms with Gasteiger partial charge in [0.25, 0.3) is 0 Å². The Hall–Kier alpha value is -3.15. The molecule has 6 heteroatoms. The first-order valence-electron chi connectivity index (χ1n) is 29.4. The first kappa shape index (κ1) is 65.8. The van der Waals surface area contributed by atoms with Crippen molar-refractivity contribution >= 4 is 17.9 Å². The molecule has 0 saturated carbocycles. The van der Waals surface area contributed by atoms with E-state index in [1.807, 2.05) is 0 Å². The summed E-state index contributed by atoms with van der Waals surface area (Å²) in [5.74, 6) is -0.892. The van der Waals surface area contributed by atoms with Crippen LogP contribution in [0.25, 0.3) is 0 Å². The number of carbonyl (C=O) groups is 3. The van der Waals surface area contributed by atoms with Gasteiger partial charge in [-0.25, -0.2) is 0 Å². The monoisotopic (exact) mass is 963 g/mol. The molecule has 0 N–H and O–H groups in total. The third-order valence-corrected chi connectivity index (χ3v) is 12.7. The Kier molecular flexibility index (Phi) is 54.8. The van der Waals surface area contributed by atoms with Gasteiger partial charge < -0.3 is 14.2 Å². The molecule has 1 unspecified atom stereocenters. The molecule has 0 heterocycles. The van der Waals surface area contributed by atoms with Crippen LogP contribution in [0, 0.1) is 0 Å². The Balaban J connectivity index is 3.85. The summed E-state index contributed by atoms with van der Waals surface area (Å²) in [7, 11) is 0. The van der Waals surface area contributed by atoms with Crippen LogP contribution in [0.2, 0.25) is 0 Å². The molecule has 69 heavy (non-hydrogen) atoms. The van der Waals surface area contributed by atoms with E-state index in [0.717, 1.165) is 109 Å². The first-order valence-corrected chi connectivity index (χ1v) is 29.4. The van der Waals surface area contributed by atoms with E-state index in [0.29, 0.717) is 19.3 Å².